The van der Waals surface area contributed by atoms with Gasteiger partial charge < -0.3 is 0 Å². The lowest BCUT2D eigenvalue weighted by Crippen LogP contribution is -2.41. The van der Waals surface area contributed by atoms with Crippen molar-refractivity contribution in [1.82, 2.24) is 5.43 Å². The third-order valence-electron chi connectivity index (χ3n) is 4.78. The van der Waals surface area contributed by atoms with Crippen LogP contribution in [0.1, 0.15) is 84.5 Å². The topological polar surface area (TPSA) is 38.0 Å². The highest BCUT2D eigenvalue weighted by Crippen LogP contribution is 2.34. The van der Waals surface area contributed by atoms with E-state index in [0.29, 0.717) is 6.04 Å². The monoisotopic (exact) mass is 254 g/mol. The van der Waals surface area contributed by atoms with Crippen LogP contribution in [0.3, 0.4) is 0 Å². The lowest BCUT2D eigenvalue weighted by molar-refractivity contribution is 0.279. The van der Waals surface area contributed by atoms with Gasteiger partial charge in [0.25, 0.3) is 0 Å². The molecule has 0 spiro atoms. The van der Waals surface area contributed by atoms with Crippen molar-refractivity contribution >= 4 is 0 Å². The van der Waals surface area contributed by atoms with Gasteiger partial charge in [0.1, 0.15) is 0 Å². The number of hydrogen-bond acceptors (Lipinski definition) is 2. The van der Waals surface area contributed by atoms with Crippen LogP contribution in [0.25, 0.3) is 0 Å². The fraction of sp³-hybridized carbons (Fsp3) is 1.00. The summed E-state index contributed by atoms with van der Waals surface area (Å²) in [5.74, 6) is 7.44. The molecule has 1 aliphatic rings. The van der Waals surface area contributed by atoms with Crippen LogP contribution >= 0.6 is 0 Å². The highest BCUT2D eigenvalue weighted by Gasteiger charge is 2.29. The van der Waals surface area contributed by atoms with Gasteiger partial charge in [-0.1, -0.05) is 71.6 Å². The van der Waals surface area contributed by atoms with Gasteiger partial charge in [0.05, 0.1) is 0 Å². The first-order chi connectivity index (χ1) is 8.79. The summed E-state index contributed by atoms with van der Waals surface area (Å²) in [6.07, 6.45) is 15.2. The summed E-state index contributed by atoms with van der Waals surface area (Å²) in [5, 5.41) is 0. The first-order valence-electron chi connectivity index (χ1n) is 8.25. The number of unbranched alkanes of at least 4 members (excludes halogenated alkanes) is 6. The average Bonchev–Trinajstić information content (AvgIpc) is 2.79. The number of hydrogen-bond donors (Lipinski definition) is 2. The second kappa shape index (κ2) is 9.80. The molecular formula is C16H34N2. The van der Waals surface area contributed by atoms with E-state index in [0.717, 1.165) is 11.8 Å². The molecule has 0 aromatic heterocycles. The molecule has 0 amide bonds. The Hall–Kier alpha value is -0.0800. The fourth-order valence-corrected chi connectivity index (χ4v) is 3.51. The molecule has 0 aromatic rings. The smallest absolute Gasteiger partial charge is 0.0241 e. The minimum Gasteiger partial charge on any atom is -0.271 e. The van der Waals surface area contributed by atoms with Gasteiger partial charge in [0.2, 0.25) is 0 Å². The summed E-state index contributed by atoms with van der Waals surface area (Å²) in [7, 11) is 0. The molecule has 3 unspecified atom stereocenters. The predicted molar refractivity (Wildman–Crippen MR) is 80.2 cm³/mol. The van der Waals surface area contributed by atoms with Crippen LogP contribution in [0.2, 0.25) is 0 Å². The molecule has 0 aromatic carbocycles. The summed E-state index contributed by atoms with van der Waals surface area (Å²) in [4.78, 5) is 0. The summed E-state index contributed by atoms with van der Waals surface area (Å²) in [6.45, 7) is 4.67. The Kier molecular flexibility index (Phi) is 8.70. The molecule has 2 heteroatoms. The summed E-state index contributed by atoms with van der Waals surface area (Å²) < 4.78 is 0. The van der Waals surface area contributed by atoms with Crippen LogP contribution in [0.15, 0.2) is 0 Å². The number of hydrazine groups is 1. The zero-order valence-corrected chi connectivity index (χ0v) is 12.6. The number of nitrogens with one attached hydrogen (secondary N) is 1. The molecule has 108 valence electrons. The van der Waals surface area contributed by atoms with Gasteiger partial charge in [0, 0.05) is 6.04 Å². The van der Waals surface area contributed by atoms with E-state index in [1.54, 1.807) is 0 Å². The maximum atomic E-state index is 5.75. The molecule has 1 saturated carbocycles. The molecule has 0 heterocycles. The van der Waals surface area contributed by atoms with E-state index in [2.05, 4.69) is 19.3 Å². The lowest BCUT2D eigenvalue weighted by atomic mass is 9.87. The molecule has 3 atom stereocenters. The third kappa shape index (κ3) is 5.71. The van der Waals surface area contributed by atoms with Gasteiger partial charge in [-0.25, -0.2) is 0 Å². The number of nitrogens with two attached hydrogens (primary N) is 1. The Balaban J connectivity index is 2.05. The summed E-state index contributed by atoms with van der Waals surface area (Å²) in [5.41, 5.74) is 3.09. The molecule has 1 rings (SSSR count). The van der Waals surface area contributed by atoms with Gasteiger partial charge in [-0.05, 0) is 24.7 Å². The van der Waals surface area contributed by atoms with Gasteiger partial charge in [0.15, 0.2) is 0 Å². The average molecular weight is 254 g/mol. The van der Waals surface area contributed by atoms with Gasteiger partial charge in [-0.2, -0.15) is 0 Å². The Morgan fingerprint density at radius 3 is 2.28 bits per heavy atom. The second-order valence-electron chi connectivity index (χ2n) is 6.26. The zero-order chi connectivity index (χ0) is 13.2. The second-order valence-corrected chi connectivity index (χ2v) is 6.26. The van der Waals surface area contributed by atoms with Crippen molar-refractivity contribution in [2.75, 3.05) is 0 Å². The maximum Gasteiger partial charge on any atom is 0.0241 e. The first-order valence-corrected chi connectivity index (χ1v) is 8.25. The fourth-order valence-electron chi connectivity index (χ4n) is 3.51. The minimum atomic E-state index is 0.568. The molecule has 1 fully saturated rings. The van der Waals surface area contributed by atoms with Crippen molar-refractivity contribution < 1.29 is 0 Å². The van der Waals surface area contributed by atoms with Crippen molar-refractivity contribution in [3.05, 3.63) is 0 Å². The molecular weight excluding hydrogens is 220 g/mol. The summed E-state index contributed by atoms with van der Waals surface area (Å²) in [6, 6.07) is 0.568. The van der Waals surface area contributed by atoms with E-state index in [9.17, 15) is 0 Å². The quantitative estimate of drug-likeness (QED) is 0.344. The van der Waals surface area contributed by atoms with Crippen molar-refractivity contribution in [1.29, 1.82) is 0 Å². The highest BCUT2D eigenvalue weighted by molar-refractivity contribution is 4.83. The van der Waals surface area contributed by atoms with E-state index in [1.165, 1.54) is 70.6 Å². The molecule has 0 bridgehead atoms. The maximum absolute atomic E-state index is 5.75. The van der Waals surface area contributed by atoms with Crippen LogP contribution in [0.4, 0.5) is 0 Å². The molecule has 3 N–H and O–H groups in total. The zero-order valence-electron chi connectivity index (χ0n) is 12.6. The molecule has 0 aliphatic heterocycles. The Morgan fingerprint density at radius 2 is 1.72 bits per heavy atom. The van der Waals surface area contributed by atoms with Gasteiger partial charge in [-0.15, -0.1) is 0 Å². The van der Waals surface area contributed by atoms with E-state index in [1.807, 2.05) is 0 Å². The molecule has 0 radical (unpaired) electrons. The molecule has 0 saturated heterocycles. The van der Waals surface area contributed by atoms with Crippen molar-refractivity contribution in [2.24, 2.45) is 17.7 Å². The van der Waals surface area contributed by atoms with E-state index < -0.39 is 0 Å². The Morgan fingerprint density at radius 1 is 1.06 bits per heavy atom. The SMILES string of the molecule is CCCCCCCCCC(NN)C1CCCC1C. The van der Waals surface area contributed by atoms with Crippen LogP contribution in [-0.4, -0.2) is 6.04 Å². The number of rotatable bonds is 10. The molecule has 2 nitrogen and oxygen atoms in total. The Labute approximate surface area is 114 Å². The van der Waals surface area contributed by atoms with E-state index >= 15 is 0 Å². The third-order valence-corrected chi connectivity index (χ3v) is 4.78. The van der Waals surface area contributed by atoms with Gasteiger partial charge >= 0.3 is 0 Å². The van der Waals surface area contributed by atoms with Crippen LogP contribution in [0, 0.1) is 11.8 Å². The summed E-state index contributed by atoms with van der Waals surface area (Å²) >= 11 is 0. The first kappa shape index (κ1) is 16.0. The predicted octanol–water partition coefficient (Wildman–Crippen LogP) is 4.40. The van der Waals surface area contributed by atoms with Crippen LogP contribution < -0.4 is 11.3 Å². The van der Waals surface area contributed by atoms with Crippen molar-refractivity contribution in [3.63, 3.8) is 0 Å². The largest absolute Gasteiger partial charge is 0.271 e. The standard InChI is InChI=1S/C16H34N2/c1-3-4-5-6-7-8-9-13-16(18-17)15-12-10-11-14(15)2/h14-16,18H,3-13,17H2,1-2H3. The normalized spacial score (nSPS) is 25.5. The Bertz CT molecular complexity index is 194. The van der Waals surface area contributed by atoms with Crippen LogP contribution in [-0.2, 0) is 0 Å². The molecule has 18 heavy (non-hydrogen) atoms. The van der Waals surface area contributed by atoms with E-state index in [-0.39, 0.29) is 0 Å². The molecule has 1 aliphatic carbocycles. The highest BCUT2D eigenvalue weighted by atomic mass is 15.2. The minimum absolute atomic E-state index is 0.568. The van der Waals surface area contributed by atoms with Crippen molar-refractivity contribution in [3.8, 4) is 0 Å². The van der Waals surface area contributed by atoms with Crippen molar-refractivity contribution in [2.45, 2.75) is 90.5 Å². The van der Waals surface area contributed by atoms with E-state index in [4.69, 9.17) is 5.84 Å². The lowest BCUT2D eigenvalue weighted by Gasteiger charge is -2.26. The van der Waals surface area contributed by atoms with Gasteiger partial charge in [-0.3, -0.25) is 11.3 Å². The van der Waals surface area contributed by atoms with Crippen LogP contribution in [0.5, 0.6) is 0 Å².